The normalized spacial score (nSPS) is 22.5. The van der Waals surface area contributed by atoms with Crippen LogP contribution in [0.25, 0.3) is 0 Å². The number of carbonyl (C=O) groups is 1. The number of hydrogen-bond acceptors (Lipinski definition) is 3. The molecule has 2 unspecified atom stereocenters. The van der Waals surface area contributed by atoms with E-state index in [4.69, 9.17) is 5.73 Å². The highest BCUT2D eigenvalue weighted by Gasteiger charge is 2.26. The van der Waals surface area contributed by atoms with E-state index in [2.05, 4.69) is 9.97 Å². The van der Waals surface area contributed by atoms with Crippen LogP contribution < -0.4 is 5.73 Å². The van der Waals surface area contributed by atoms with Crippen LogP contribution in [-0.4, -0.2) is 39.9 Å². The third-order valence-corrected chi connectivity index (χ3v) is 3.18. The van der Waals surface area contributed by atoms with Crippen molar-refractivity contribution < 1.29 is 4.79 Å². The first-order valence-corrected chi connectivity index (χ1v) is 6.19. The number of likely N-dealkylation sites (tertiary alicyclic amines) is 1. The monoisotopic (exact) mass is 236 g/mol. The van der Waals surface area contributed by atoms with Crippen LogP contribution in [0, 0.1) is 0 Å². The van der Waals surface area contributed by atoms with E-state index < -0.39 is 0 Å². The number of nitrogens with zero attached hydrogens (tertiary/aromatic N) is 2. The summed E-state index contributed by atoms with van der Waals surface area (Å²) in [5.41, 5.74) is 5.66. The summed E-state index contributed by atoms with van der Waals surface area (Å²) in [6.07, 6.45) is 6.16. The molecule has 0 bridgehead atoms. The number of aromatic amines is 1. The van der Waals surface area contributed by atoms with Crippen molar-refractivity contribution in [2.75, 3.05) is 13.1 Å². The van der Waals surface area contributed by atoms with Crippen LogP contribution in [0.4, 0.5) is 0 Å². The van der Waals surface area contributed by atoms with Crippen LogP contribution in [0.5, 0.6) is 0 Å². The van der Waals surface area contributed by atoms with Crippen molar-refractivity contribution in [2.24, 2.45) is 5.73 Å². The molecule has 5 nitrogen and oxygen atoms in total. The second-order valence-corrected chi connectivity index (χ2v) is 4.83. The number of hydrogen-bond donors (Lipinski definition) is 2. The van der Waals surface area contributed by atoms with Gasteiger partial charge in [0.25, 0.3) is 0 Å². The molecule has 0 aromatic carbocycles. The Bertz CT molecular complexity index is 361. The lowest BCUT2D eigenvalue weighted by atomic mass is 9.97. The summed E-state index contributed by atoms with van der Waals surface area (Å²) < 4.78 is 0. The van der Waals surface area contributed by atoms with E-state index in [9.17, 15) is 4.79 Å². The van der Waals surface area contributed by atoms with Crippen molar-refractivity contribution in [3.63, 3.8) is 0 Å². The van der Waals surface area contributed by atoms with Crippen LogP contribution in [0.3, 0.4) is 0 Å². The number of amides is 1. The van der Waals surface area contributed by atoms with Crippen molar-refractivity contribution in [3.8, 4) is 0 Å². The van der Waals surface area contributed by atoms with Gasteiger partial charge in [0.1, 0.15) is 5.82 Å². The molecule has 1 aromatic rings. The fraction of sp³-hybridized carbons (Fsp3) is 0.667. The van der Waals surface area contributed by atoms with Gasteiger partial charge in [-0.1, -0.05) is 0 Å². The zero-order valence-corrected chi connectivity index (χ0v) is 10.2. The molecular weight excluding hydrogens is 216 g/mol. The number of nitrogens with two attached hydrogens (primary N) is 1. The summed E-state index contributed by atoms with van der Waals surface area (Å²) in [6.45, 7) is 3.48. The zero-order valence-electron chi connectivity index (χ0n) is 10.2. The fourth-order valence-corrected chi connectivity index (χ4v) is 2.33. The van der Waals surface area contributed by atoms with Gasteiger partial charge in [-0.25, -0.2) is 4.98 Å². The first-order valence-electron chi connectivity index (χ1n) is 6.19. The highest BCUT2D eigenvalue weighted by atomic mass is 16.2. The van der Waals surface area contributed by atoms with Gasteiger partial charge in [-0.2, -0.15) is 0 Å². The molecule has 1 saturated heterocycles. The van der Waals surface area contributed by atoms with Crippen molar-refractivity contribution in [2.45, 2.75) is 38.1 Å². The van der Waals surface area contributed by atoms with Gasteiger partial charge in [-0.3, -0.25) is 4.79 Å². The minimum Gasteiger partial charge on any atom is -0.348 e. The summed E-state index contributed by atoms with van der Waals surface area (Å²) in [6, 6.07) is -0.0634. The average Bonchev–Trinajstić information content (AvgIpc) is 2.82. The predicted molar refractivity (Wildman–Crippen MR) is 65.4 cm³/mol. The van der Waals surface area contributed by atoms with E-state index in [1.165, 1.54) is 0 Å². The predicted octanol–water partition coefficient (Wildman–Crippen LogP) is 0.853. The molecule has 1 aromatic heterocycles. The molecule has 0 radical (unpaired) electrons. The Balaban J connectivity index is 1.95. The number of nitrogens with one attached hydrogen (secondary N) is 1. The highest BCUT2D eigenvalue weighted by molar-refractivity contribution is 5.76. The molecule has 17 heavy (non-hydrogen) atoms. The van der Waals surface area contributed by atoms with E-state index in [1.54, 1.807) is 6.20 Å². The number of carbonyl (C=O) groups excluding carboxylic acids is 1. The van der Waals surface area contributed by atoms with Gasteiger partial charge in [-0.05, 0) is 19.8 Å². The molecule has 2 rings (SSSR count). The van der Waals surface area contributed by atoms with Gasteiger partial charge in [0, 0.05) is 43.9 Å². The number of piperidine rings is 1. The molecule has 5 heteroatoms. The first kappa shape index (κ1) is 12.1. The Morgan fingerprint density at radius 2 is 2.59 bits per heavy atom. The maximum Gasteiger partial charge on any atom is 0.224 e. The molecule has 0 saturated carbocycles. The summed E-state index contributed by atoms with van der Waals surface area (Å²) in [4.78, 5) is 21.3. The smallest absolute Gasteiger partial charge is 0.224 e. The van der Waals surface area contributed by atoms with Crippen LogP contribution in [-0.2, 0) is 4.79 Å². The molecule has 0 aliphatic carbocycles. The Hall–Kier alpha value is -1.36. The largest absolute Gasteiger partial charge is 0.348 e. The maximum absolute atomic E-state index is 11.9. The van der Waals surface area contributed by atoms with E-state index in [1.807, 2.05) is 18.0 Å². The number of imidazole rings is 1. The lowest BCUT2D eigenvalue weighted by molar-refractivity contribution is -0.132. The van der Waals surface area contributed by atoms with Crippen LogP contribution in [0.1, 0.15) is 37.9 Å². The Labute approximate surface area is 101 Å². The lowest BCUT2D eigenvalue weighted by Crippen LogP contribution is -2.41. The van der Waals surface area contributed by atoms with E-state index in [0.29, 0.717) is 12.3 Å². The van der Waals surface area contributed by atoms with Gasteiger partial charge in [0.05, 0.1) is 0 Å². The van der Waals surface area contributed by atoms with Crippen molar-refractivity contribution >= 4 is 5.91 Å². The second-order valence-electron chi connectivity index (χ2n) is 4.83. The van der Waals surface area contributed by atoms with Gasteiger partial charge < -0.3 is 15.6 Å². The number of rotatable bonds is 3. The molecule has 1 fully saturated rings. The maximum atomic E-state index is 11.9. The fourth-order valence-electron chi connectivity index (χ4n) is 2.33. The quantitative estimate of drug-likeness (QED) is 0.817. The summed E-state index contributed by atoms with van der Waals surface area (Å²) in [7, 11) is 0. The summed E-state index contributed by atoms with van der Waals surface area (Å²) >= 11 is 0. The van der Waals surface area contributed by atoms with E-state index in [0.717, 1.165) is 31.8 Å². The molecule has 1 aliphatic heterocycles. The number of aromatic nitrogens is 2. The van der Waals surface area contributed by atoms with Crippen LogP contribution in [0.2, 0.25) is 0 Å². The zero-order chi connectivity index (χ0) is 12.3. The SMILES string of the molecule is CC(N)CC(=O)N1CCCC(c2ncc[nH]2)C1. The van der Waals surface area contributed by atoms with Crippen molar-refractivity contribution in [1.82, 2.24) is 14.9 Å². The second kappa shape index (κ2) is 5.31. The molecule has 2 atom stereocenters. The topological polar surface area (TPSA) is 75.0 Å². The van der Waals surface area contributed by atoms with Crippen LogP contribution >= 0.6 is 0 Å². The van der Waals surface area contributed by atoms with Crippen LogP contribution in [0.15, 0.2) is 12.4 Å². The Morgan fingerprint density at radius 1 is 1.76 bits per heavy atom. The third kappa shape index (κ3) is 3.06. The average molecular weight is 236 g/mol. The first-order chi connectivity index (χ1) is 8.16. The third-order valence-electron chi connectivity index (χ3n) is 3.18. The van der Waals surface area contributed by atoms with E-state index in [-0.39, 0.29) is 11.9 Å². The molecule has 1 amide bonds. The lowest BCUT2D eigenvalue weighted by Gasteiger charge is -2.32. The highest BCUT2D eigenvalue weighted by Crippen LogP contribution is 2.24. The molecule has 94 valence electrons. The van der Waals surface area contributed by atoms with Gasteiger partial charge in [0.15, 0.2) is 0 Å². The van der Waals surface area contributed by atoms with Gasteiger partial charge >= 0.3 is 0 Å². The molecule has 1 aliphatic rings. The number of H-pyrrole nitrogens is 1. The minimum atomic E-state index is -0.0634. The molecule has 3 N–H and O–H groups in total. The van der Waals surface area contributed by atoms with Crippen molar-refractivity contribution in [3.05, 3.63) is 18.2 Å². The molecular formula is C12H20N4O. The standard InChI is InChI=1S/C12H20N4O/c1-9(13)7-11(17)16-6-2-3-10(8-16)12-14-4-5-15-12/h4-5,9-10H,2-3,6-8,13H2,1H3,(H,14,15). The molecule has 2 heterocycles. The van der Waals surface area contributed by atoms with Gasteiger partial charge in [0.2, 0.25) is 5.91 Å². The minimum absolute atomic E-state index is 0.0634. The van der Waals surface area contributed by atoms with Gasteiger partial charge in [-0.15, -0.1) is 0 Å². The summed E-state index contributed by atoms with van der Waals surface area (Å²) in [5.74, 6) is 1.50. The summed E-state index contributed by atoms with van der Waals surface area (Å²) in [5, 5.41) is 0. The van der Waals surface area contributed by atoms with E-state index >= 15 is 0 Å². The Kier molecular flexibility index (Phi) is 3.78. The Morgan fingerprint density at radius 3 is 3.24 bits per heavy atom. The molecule has 0 spiro atoms. The van der Waals surface area contributed by atoms with Crippen molar-refractivity contribution in [1.29, 1.82) is 0 Å².